The zero-order valence-electron chi connectivity index (χ0n) is 20.1. The van der Waals surface area contributed by atoms with Gasteiger partial charge >= 0.3 is 0 Å². The third-order valence-corrected chi connectivity index (χ3v) is 6.38. The normalized spacial score (nSPS) is 13.4. The van der Waals surface area contributed by atoms with Gasteiger partial charge in [-0.1, -0.05) is 41.6 Å². The topological polar surface area (TPSA) is 82.2 Å². The number of methoxy groups -OCH3 is 1. The van der Waals surface area contributed by atoms with Crippen molar-refractivity contribution < 1.29 is 9.53 Å². The molecule has 0 saturated heterocycles. The number of hydrogen-bond acceptors (Lipinski definition) is 5. The average molecular weight is 482 g/mol. The van der Waals surface area contributed by atoms with E-state index in [-0.39, 0.29) is 11.5 Å². The summed E-state index contributed by atoms with van der Waals surface area (Å²) in [6.07, 6.45) is 8.49. The lowest BCUT2D eigenvalue weighted by Crippen LogP contribution is -2.36. The molecule has 2 aromatic carbocycles. The van der Waals surface area contributed by atoms with Gasteiger partial charge < -0.3 is 9.64 Å². The maximum atomic E-state index is 12.9. The van der Waals surface area contributed by atoms with E-state index < -0.39 is 0 Å². The van der Waals surface area contributed by atoms with E-state index in [4.69, 9.17) is 4.74 Å². The number of carbonyl (C=O) groups excluding carboxylic acids is 1. The summed E-state index contributed by atoms with van der Waals surface area (Å²) in [5.41, 5.74) is 4.53. The number of amides is 1. The molecule has 0 atom stereocenters. The van der Waals surface area contributed by atoms with E-state index in [2.05, 4.69) is 22.5 Å². The van der Waals surface area contributed by atoms with Crippen molar-refractivity contribution in [1.29, 1.82) is 0 Å². The highest BCUT2D eigenvalue weighted by Gasteiger charge is 2.21. The van der Waals surface area contributed by atoms with Crippen LogP contribution in [0.1, 0.15) is 18.4 Å². The molecule has 0 bridgehead atoms. The van der Waals surface area contributed by atoms with Crippen molar-refractivity contribution in [2.45, 2.75) is 19.4 Å². The average Bonchev–Trinajstić information content (AvgIpc) is 3.46. The van der Waals surface area contributed by atoms with Gasteiger partial charge in [0.25, 0.3) is 5.56 Å². The van der Waals surface area contributed by atoms with Crippen LogP contribution in [0.4, 0.5) is 0 Å². The van der Waals surface area contributed by atoms with Crippen LogP contribution in [0.5, 0.6) is 5.75 Å². The summed E-state index contributed by atoms with van der Waals surface area (Å²) in [5.74, 6) is 0.816. The molecule has 2 aromatic heterocycles. The zero-order valence-corrected chi connectivity index (χ0v) is 20.1. The van der Waals surface area contributed by atoms with Gasteiger partial charge in [-0.2, -0.15) is 0 Å². The molecule has 0 saturated carbocycles. The fraction of sp³-hybridized carbons (Fsp3) is 0.214. The SMILES string of the molecule is COc1ccccc1-c1cc(C2=CCCN(C(=O)CCn3ccnn3)C2)ccc1-n1ccccc1=O. The van der Waals surface area contributed by atoms with E-state index in [1.54, 1.807) is 47.1 Å². The molecule has 0 spiro atoms. The predicted octanol–water partition coefficient (Wildman–Crippen LogP) is 3.81. The second-order valence-corrected chi connectivity index (χ2v) is 8.59. The number of carbonyl (C=O) groups is 1. The van der Waals surface area contributed by atoms with Gasteiger partial charge in [0.1, 0.15) is 5.75 Å². The monoisotopic (exact) mass is 481 g/mol. The summed E-state index contributed by atoms with van der Waals surface area (Å²) >= 11 is 0. The van der Waals surface area contributed by atoms with Crippen LogP contribution < -0.4 is 10.3 Å². The minimum Gasteiger partial charge on any atom is -0.496 e. The Kier molecular flexibility index (Phi) is 6.75. The Labute approximate surface area is 209 Å². The van der Waals surface area contributed by atoms with E-state index in [1.165, 1.54) is 0 Å². The van der Waals surface area contributed by atoms with Crippen LogP contribution in [0.15, 0.2) is 90.1 Å². The molecule has 3 heterocycles. The minimum atomic E-state index is -0.109. The number of ether oxygens (including phenoxy) is 1. The Balaban J connectivity index is 1.48. The van der Waals surface area contributed by atoms with Crippen molar-refractivity contribution in [3.05, 3.63) is 101 Å². The number of hydrogen-bond donors (Lipinski definition) is 0. The lowest BCUT2D eigenvalue weighted by molar-refractivity contribution is -0.131. The molecular weight excluding hydrogens is 454 g/mol. The van der Waals surface area contributed by atoms with Crippen LogP contribution in [0.2, 0.25) is 0 Å². The summed E-state index contributed by atoms with van der Waals surface area (Å²) in [5, 5.41) is 7.73. The molecule has 36 heavy (non-hydrogen) atoms. The van der Waals surface area contributed by atoms with Crippen LogP contribution in [0.3, 0.4) is 0 Å². The summed E-state index contributed by atoms with van der Waals surface area (Å²) in [6.45, 7) is 1.73. The summed E-state index contributed by atoms with van der Waals surface area (Å²) in [4.78, 5) is 27.5. The molecule has 5 rings (SSSR count). The molecule has 182 valence electrons. The first-order chi connectivity index (χ1) is 17.6. The van der Waals surface area contributed by atoms with Crippen LogP contribution in [-0.4, -0.2) is 50.6 Å². The molecule has 0 radical (unpaired) electrons. The Morgan fingerprint density at radius 2 is 1.89 bits per heavy atom. The lowest BCUT2D eigenvalue weighted by atomic mass is 9.94. The van der Waals surface area contributed by atoms with Crippen molar-refractivity contribution in [2.24, 2.45) is 0 Å². The standard InChI is InChI=1S/C28H27N5O3/c1-36-26-9-3-2-8-23(26)24-19-21(11-12-25(24)33-16-5-4-10-28(33)35)22-7-6-15-31(20-22)27(34)13-17-32-18-14-29-30-32/h2-5,7-12,14,16,18-19H,6,13,15,17,20H2,1H3. The van der Waals surface area contributed by atoms with Gasteiger partial charge in [0, 0.05) is 49.1 Å². The number of aryl methyl sites for hydroxylation is 1. The number of rotatable bonds is 7. The van der Waals surface area contributed by atoms with Crippen LogP contribution in [0, 0.1) is 0 Å². The van der Waals surface area contributed by atoms with E-state index >= 15 is 0 Å². The quantitative estimate of drug-likeness (QED) is 0.401. The van der Waals surface area contributed by atoms with Crippen molar-refractivity contribution >= 4 is 11.5 Å². The maximum Gasteiger partial charge on any atom is 0.255 e. The highest BCUT2D eigenvalue weighted by Crippen LogP contribution is 2.36. The largest absolute Gasteiger partial charge is 0.496 e. The number of pyridine rings is 1. The molecule has 0 N–H and O–H groups in total. The molecule has 1 amide bonds. The lowest BCUT2D eigenvalue weighted by Gasteiger charge is -2.28. The van der Waals surface area contributed by atoms with Gasteiger partial charge in [-0.15, -0.1) is 5.10 Å². The minimum absolute atomic E-state index is 0.0912. The Morgan fingerprint density at radius 1 is 1.03 bits per heavy atom. The second kappa shape index (κ2) is 10.4. The first-order valence-electron chi connectivity index (χ1n) is 11.9. The second-order valence-electron chi connectivity index (χ2n) is 8.59. The smallest absolute Gasteiger partial charge is 0.255 e. The number of benzene rings is 2. The Bertz CT molecular complexity index is 1460. The zero-order chi connectivity index (χ0) is 24.9. The van der Waals surface area contributed by atoms with Crippen molar-refractivity contribution in [1.82, 2.24) is 24.5 Å². The molecule has 0 aliphatic carbocycles. The molecule has 1 aliphatic heterocycles. The molecular formula is C28H27N5O3. The molecule has 4 aromatic rings. The molecule has 8 heteroatoms. The van der Waals surface area contributed by atoms with Gasteiger partial charge in [-0.25, -0.2) is 0 Å². The Hall–Kier alpha value is -4.46. The fourth-order valence-electron chi connectivity index (χ4n) is 4.54. The van der Waals surface area contributed by atoms with Crippen LogP contribution in [0.25, 0.3) is 22.4 Å². The maximum absolute atomic E-state index is 12.9. The predicted molar refractivity (Wildman–Crippen MR) is 138 cm³/mol. The fourth-order valence-corrected chi connectivity index (χ4v) is 4.54. The summed E-state index contributed by atoms with van der Waals surface area (Å²) in [7, 11) is 1.64. The summed E-state index contributed by atoms with van der Waals surface area (Å²) in [6, 6.07) is 19.0. The van der Waals surface area contributed by atoms with Gasteiger partial charge in [-0.05, 0) is 41.8 Å². The highest BCUT2D eigenvalue weighted by molar-refractivity contribution is 5.84. The molecule has 8 nitrogen and oxygen atoms in total. The number of para-hydroxylation sites is 1. The Morgan fingerprint density at radius 3 is 2.69 bits per heavy atom. The first kappa shape index (κ1) is 23.3. The van der Waals surface area contributed by atoms with Crippen molar-refractivity contribution in [2.75, 3.05) is 20.2 Å². The van der Waals surface area contributed by atoms with Gasteiger partial charge in [0.2, 0.25) is 5.91 Å². The molecule has 0 unspecified atom stereocenters. The van der Waals surface area contributed by atoms with Gasteiger partial charge in [0.05, 0.1) is 25.5 Å². The van der Waals surface area contributed by atoms with Crippen LogP contribution >= 0.6 is 0 Å². The molecule has 1 aliphatic rings. The van der Waals surface area contributed by atoms with Gasteiger partial charge in [0.15, 0.2) is 0 Å². The third kappa shape index (κ3) is 4.84. The van der Waals surface area contributed by atoms with E-state index in [9.17, 15) is 9.59 Å². The van der Waals surface area contributed by atoms with Crippen molar-refractivity contribution in [3.8, 4) is 22.6 Å². The molecule has 0 fully saturated rings. The van der Waals surface area contributed by atoms with E-state index in [1.807, 2.05) is 47.4 Å². The third-order valence-electron chi connectivity index (χ3n) is 6.38. The van der Waals surface area contributed by atoms with Gasteiger partial charge in [-0.3, -0.25) is 18.8 Å². The number of aromatic nitrogens is 4. The van der Waals surface area contributed by atoms with Crippen molar-refractivity contribution in [3.63, 3.8) is 0 Å². The highest BCUT2D eigenvalue weighted by atomic mass is 16.5. The summed E-state index contributed by atoms with van der Waals surface area (Å²) < 4.78 is 8.95. The van der Waals surface area contributed by atoms with Crippen LogP contribution in [-0.2, 0) is 11.3 Å². The number of nitrogens with zero attached hydrogens (tertiary/aromatic N) is 5. The van der Waals surface area contributed by atoms with E-state index in [0.717, 1.165) is 40.1 Å². The van der Waals surface area contributed by atoms with E-state index in [0.29, 0.717) is 26.1 Å². The first-order valence-corrected chi connectivity index (χ1v) is 11.9.